The van der Waals surface area contributed by atoms with Crippen molar-refractivity contribution in [3.05, 3.63) is 41.8 Å². The first kappa shape index (κ1) is 19.7. The van der Waals surface area contributed by atoms with Gasteiger partial charge in [-0.3, -0.25) is 9.59 Å². The van der Waals surface area contributed by atoms with Gasteiger partial charge in [-0.05, 0) is 36.9 Å². The lowest BCUT2D eigenvalue weighted by atomic mass is 10.2. The number of thiophene rings is 1. The Kier molecular flexibility index (Phi) is 5.96. The molecular weight excluding hydrogens is 406 g/mol. The van der Waals surface area contributed by atoms with E-state index >= 15 is 0 Å². The molecule has 7 nitrogen and oxygen atoms in total. The summed E-state index contributed by atoms with van der Waals surface area (Å²) >= 11 is 2.97. The van der Waals surface area contributed by atoms with Gasteiger partial charge in [0.15, 0.2) is 11.0 Å². The molecule has 0 unspecified atom stereocenters. The number of carbonyl (C=O) groups is 2. The summed E-state index contributed by atoms with van der Waals surface area (Å²) in [6.07, 6.45) is 1.40. The minimum Gasteiger partial charge on any atom is -0.324 e. The molecule has 0 spiro atoms. The van der Waals surface area contributed by atoms with Crippen LogP contribution >= 0.6 is 23.1 Å². The Bertz CT molecular complexity index is 1020. The maximum absolute atomic E-state index is 12.6. The topological polar surface area (TPSA) is 80.1 Å². The third-order valence-corrected chi connectivity index (χ3v) is 6.48. The largest absolute Gasteiger partial charge is 0.324 e. The molecule has 150 valence electrons. The average molecular weight is 428 g/mol. The molecule has 2 aromatic heterocycles. The van der Waals surface area contributed by atoms with E-state index in [4.69, 9.17) is 0 Å². The van der Waals surface area contributed by atoms with Crippen LogP contribution in [0.3, 0.4) is 0 Å². The van der Waals surface area contributed by atoms with Gasteiger partial charge in [0, 0.05) is 19.5 Å². The number of rotatable bonds is 7. The van der Waals surface area contributed by atoms with Gasteiger partial charge in [-0.25, -0.2) is 0 Å². The molecule has 0 saturated carbocycles. The number of thioether (sulfide) groups is 1. The van der Waals surface area contributed by atoms with Crippen LogP contribution in [0, 0.1) is 0 Å². The van der Waals surface area contributed by atoms with E-state index in [2.05, 4.69) is 15.5 Å². The van der Waals surface area contributed by atoms with Gasteiger partial charge in [0.2, 0.25) is 11.8 Å². The molecule has 0 atom stereocenters. The molecule has 0 bridgehead atoms. The molecule has 4 rings (SSSR count). The van der Waals surface area contributed by atoms with Crippen molar-refractivity contribution in [2.24, 2.45) is 0 Å². The van der Waals surface area contributed by atoms with Crippen LogP contribution in [0.25, 0.3) is 10.7 Å². The van der Waals surface area contributed by atoms with Crippen molar-refractivity contribution >= 4 is 46.3 Å². The van der Waals surface area contributed by atoms with E-state index in [1.807, 2.05) is 53.3 Å². The fraction of sp³-hybridized carbons (Fsp3) is 0.300. The van der Waals surface area contributed by atoms with E-state index in [9.17, 15) is 9.59 Å². The lowest BCUT2D eigenvalue weighted by molar-refractivity contribution is -0.117. The monoisotopic (exact) mass is 427 g/mol. The Morgan fingerprint density at radius 3 is 2.83 bits per heavy atom. The molecule has 0 radical (unpaired) electrons. The van der Waals surface area contributed by atoms with Crippen molar-refractivity contribution in [2.45, 2.75) is 31.5 Å². The van der Waals surface area contributed by atoms with Crippen molar-refractivity contribution in [1.82, 2.24) is 14.8 Å². The van der Waals surface area contributed by atoms with Crippen LogP contribution in [0.1, 0.15) is 19.8 Å². The van der Waals surface area contributed by atoms with Gasteiger partial charge in [0.25, 0.3) is 0 Å². The Morgan fingerprint density at radius 1 is 1.24 bits per heavy atom. The van der Waals surface area contributed by atoms with Crippen LogP contribution in [0.4, 0.5) is 11.4 Å². The summed E-state index contributed by atoms with van der Waals surface area (Å²) in [5.41, 5.74) is 1.41. The molecule has 1 aliphatic heterocycles. The molecular formula is C20H21N5O2S2. The quantitative estimate of drug-likeness (QED) is 0.579. The van der Waals surface area contributed by atoms with Crippen LogP contribution in [0.2, 0.25) is 0 Å². The van der Waals surface area contributed by atoms with E-state index in [1.54, 1.807) is 16.2 Å². The molecule has 9 heteroatoms. The SMILES string of the molecule is CCn1c(SCC(=O)Nc2ccccc2N2CCCC2=O)nnc1-c1cccs1. The smallest absolute Gasteiger partial charge is 0.234 e. The zero-order valence-corrected chi connectivity index (χ0v) is 17.6. The summed E-state index contributed by atoms with van der Waals surface area (Å²) in [5, 5.41) is 14.2. The van der Waals surface area contributed by atoms with Crippen molar-refractivity contribution in [3.8, 4) is 10.7 Å². The number of nitrogens with zero attached hydrogens (tertiary/aromatic N) is 4. The van der Waals surface area contributed by atoms with Crippen molar-refractivity contribution in [1.29, 1.82) is 0 Å². The third-order valence-electron chi connectivity index (χ3n) is 4.65. The molecule has 1 saturated heterocycles. The number of nitrogens with one attached hydrogen (secondary N) is 1. The van der Waals surface area contributed by atoms with E-state index in [0.717, 1.165) is 29.4 Å². The second-order valence-corrected chi connectivity index (χ2v) is 8.42. The van der Waals surface area contributed by atoms with Crippen molar-refractivity contribution in [3.63, 3.8) is 0 Å². The number of hydrogen-bond donors (Lipinski definition) is 1. The number of carbonyl (C=O) groups excluding carboxylic acids is 2. The third kappa shape index (κ3) is 4.20. The first-order chi connectivity index (χ1) is 14.2. The number of benzene rings is 1. The van der Waals surface area contributed by atoms with Crippen LogP contribution in [0.15, 0.2) is 46.9 Å². The minimum atomic E-state index is -0.141. The fourth-order valence-electron chi connectivity index (χ4n) is 3.30. The number of anilines is 2. The highest BCUT2D eigenvalue weighted by atomic mass is 32.2. The zero-order valence-electron chi connectivity index (χ0n) is 16.0. The lowest BCUT2D eigenvalue weighted by Crippen LogP contribution is -2.26. The van der Waals surface area contributed by atoms with E-state index in [-0.39, 0.29) is 17.6 Å². The lowest BCUT2D eigenvalue weighted by Gasteiger charge is -2.19. The highest BCUT2D eigenvalue weighted by Gasteiger charge is 2.24. The van der Waals surface area contributed by atoms with Gasteiger partial charge in [-0.15, -0.1) is 21.5 Å². The number of amides is 2. The fourth-order valence-corrected chi connectivity index (χ4v) is 4.82. The van der Waals surface area contributed by atoms with Gasteiger partial charge in [-0.2, -0.15) is 0 Å². The first-order valence-electron chi connectivity index (χ1n) is 9.46. The summed E-state index contributed by atoms with van der Waals surface area (Å²) in [7, 11) is 0. The highest BCUT2D eigenvalue weighted by Crippen LogP contribution is 2.30. The van der Waals surface area contributed by atoms with Crippen LogP contribution in [-0.2, 0) is 16.1 Å². The van der Waals surface area contributed by atoms with E-state index in [1.165, 1.54) is 11.8 Å². The number of para-hydroxylation sites is 2. The highest BCUT2D eigenvalue weighted by molar-refractivity contribution is 7.99. The van der Waals surface area contributed by atoms with Gasteiger partial charge >= 0.3 is 0 Å². The summed E-state index contributed by atoms with van der Waals surface area (Å²) in [6.45, 7) is 3.45. The Labute approximate surface area is 177 Å². The van der Waals surface area contributed by atoms with Gasteiger partial charge in [0.1, 0.15) is 0 Å². The Balaban J connectivity index is 1.44. The van der Waals surface area contributed by atoms with Gasteiger partial charge < -0.3 is 14.8 Å². The van der Waals surface area contributed by atoms with Crippen LogP contribution < -0.4 is 10.2 Å². The Morgan fingerprint density at radius 2 is 2.10 bits per heavy atom. The molecule has 1 N–H and O–H groups in total. The molecule has 0 aliphatic carbocycles. The van der Waals surface area contributed by atoms with Crippen molar-refractivity contribution in [2.75, 3.05) is 22.5 Å². The number of hydrogen-bond acceptors (Lipinski definition) is 6. The predicted molar refractivity (Wildman–Crippen MR) is 116 cm³/mol. The zero-order chi connectivity index (χ0) is 20.2. The molecule has 3 heterocycles. The first-order valence-corrected chi connectivity index (χ1v) is 11.3. The maximum Gasteiger partial charge on any atom is 0.234 e. The summed E-state index contributed by atoms with van der Waals surface area (Å²) in [5.74, 6) is 0.990. The summed E-state index contributed by atoms with van der Waals surface area (Å²) < 4.78 is 2.01. The summed E-state index contributed by atoms with van der Waals surface area (Å²) in [4.78, 5) is 27.5. The number of aromatic nitrogens is 3. The van der Waals surface area contributed by atoms with E-state index in [0.29, 0.717) is 23.8 Å². The average Bonchev–Trinajstić information content (AvgIpc) is 3.47. The second-order valence-electron chi connectivity index (χ2n) is 6.53. The van der Waals surface area contributed by atoms with Crippen molar-refractivity contribution < 1.29 is 9.59 Å². The molecule has 1 fully saturated rings. The standard InChI is InChI=1S/C20H21N5O2S2/c1-2-24-19(16-9-6-12-28-16)22-23-20(24)29-13-17(26)21-14-7-3-4-8-15(14)25-11-5-10-18(25)27/h3-4,6-9,12H,2,5,10-11,13H2,1H3,(H,21,26). The molecule has 1 aromatic carbocycles. The Hall–Kier alpha value is -2.65. The predicted octanol–water partition coefficient (Wildman–Crippen LogP) is 3.88. The molecule has 2 amide bonds. The van der Waals surface area contributed by atoms with Crippen LogP contribution in [0.5, 0.6) is 0 Å². The molecule has 29 heavy (non-hydrogen) atoms. The summed E-state index contributed by atoms with van der Waals surface area (Å²) in [6, 6.07) is 11.4. The second kappa shape index (κ2) is 8.79. The normalized spacial score (nSPS) is 13.8. The molecule has 3 aromatic rings. The van der Waals surface area contributed by atoms with Crippen LogP contribution in [-0.4, -0.2) is 38.9 Å². The maximum atomic E-state index is 12.6. The van der Waals surface area contributed by atoms with E-state index < -0.39 is 0 Å². The van der Waals surface area contributed by atoms with Gasteiger partial charge in [0.05, 0.1) is 22.0 Å². The van der Waals surface area contributed by atoms with Gasteiger partial charge in [-0.1, -0.05) is 30.0 Å². The molecule has 1 aliphatic rings. The minimum absolute atomic E-state index is 0.0956.